The van der Waals surface area contributed by atoms with Crippen LogP contribution in [0.5, 0.6) is 5.75 Å². The van der Waals surface area contributed by atoms with E-state index in [9.17, 15) is 0 Å². The van der Waals surface area contributed by atoms with Crippen LogP contribution in [0.2, 0.25) is 0 Å². The van der Waals surface area contributed by atoms with Gasteiger partial charge in [0.25, 0.3) is 0 Å². The van der Waals surface area contributed by atoms with Gasteiger partial charge in [-0.05, 0) is 66.6 Å². The van der Waals surface area contributed by atoms with Crippen molar-refractivity contribution in [1.82, 2.24) is 0 Å². The smallest absolute Gasteiger partial charge is 0.199 e. The molecule has 2 unspecified atom stereocenters. The predicted molar refractivity (Wildman–Crippen MR) is 93.8 cm³/mol. The fourth-order valence-corrected chi connectivity index (χ4v) is 3.65. The second-order valence-corrected chi connectivity index (χ2v) is 7.17. The number of hydrogen-bond donors (Lipinski definition) is 0. The molecule has 3 rings (SSSR count). The summed E-state index contributed by atoms with van der Waals surface area (Å²) < 4.78 is 18.6. The Morgan fingerprint density at radius 1 is 1.09 bits per heavy atom. The molecule has 0 aromatic heterocycles. The minimum absolute atomic E-state index is 0.100. The summed E-state index contributed by atoms with van der Waals surface area (Å²) in [5.41, 5.74) is 2.61. The van der Waals surface area contributed by atoms with Gasteiger partial charge in [-0.3, -0.25) is 0 Å². The highest BCUT2D eigenvalue weighted by atomic mass is 79.9. The summed E-state index contributed by atoms with van der Waals surface area (Å²) in [6, 6.07) is 4.31. The van der Waals surface area contributed by atoms with Gasteiger partial charge in [-0.2, -0.15) is 0 Å². The Bertz CT molecular complexity index is 451. The van der Waals surface area contributed by atoms with Crippen LogP contribution < -0.4 is 10.2 Å². The van der Waals surface area contributed by atoms with E-state index in [4.69, 9.17) is 14.2 Å². The molecule has 2 atom stereocenters. The van der Waals surface area contributed by atoms with Crippen molar-refractivity contribution in [2.75, 3.05) is 13.2 Å². The molecule has 2 heterocycles. The van der Waals surface area contributed by atoms with Gasteiger partial charge in [0.2, 0.25) is 0 Å². The fraction of sp³-hybridized carbons (Fsp3) is 0.647. The van der Waals surface area contributed by atoms with Crippen molar-refractivity contribution >= 4 is 29.2 Å². The topological polar surface area (TPSA) is 27.7 Å². The lowest BCUT2D eigenvalue weighted by Crippen LogP contribution is -2.27. The monoisotopic (exact) mass is 366 g/mol. The summed E-state index contributed by atoms with van der Waals surface area (Å²) in [7, 11) is 2.15. The van der Waals surface area contributed by atoms with E-state index in [1.54, 1.807) is 0 Å². The average Bonchev–Trinajstić information content (AvgIpc) is 2.54. The first-order valence-electron chi connectivity index (χ1n) is 8.41. The van der Waals surface area contributed by atoms with Crippen LogP contribution in [-0.4, -0.2) is 33.5 Å². The van der Waals surface area contributed by atoms with E-state index in [0.717, 1.165) is 42.7 Å². The minimum atomic E-state index is -0.100. The summed E-state index contributed by atoms with van der Waals surface area (Å²) in [6.07, 6.45) is 8.21. The molecule has 120 valence electrons. The van der Waals surface area contributed by atoms with E-state index >= 15 is 0 Å². The zero-order valence-electron chi connectivity index (χ0n) is 13.3. The third-order valence-corrected chi connectivity index (χ3v) is 5.13. The van der Waals surface area contributed by atoms with Gasteiger partial charge >= 0.3 is 0 Å². The molecular weight excluding hydrogens is 343 g/mol. The third kappa shape index (κ3) is 4.27. The van der Waals surface area contributed by atoms with Crippen molar-refractivity contribution in [3.63, 3.8) is 0 Å². The van der Waals surface area contributed by atoms with Crippen molar-refractivity contribution < 1.29 is 14.2 Å². The molecule has 0 N–H and O–H groups in total. The molecule has 2 aliphatic heterocycles. The van der Waals surface area contributed by atoms with E-state index in [0.29, 0.717) is 6.10 Å². The molecule has 5 heteroatoms. The van der Waals surface area contributed by atoms with Crippen LogP contribution in [0.25, 0.3) is 0 Å². The maximum Gasteiger partial charge on any atom is 0.199 e. The number of ether oxygens (including phenoxy) is 3. The molecule has 22 heavy (non-hydrogen) atoms. The van der Waals surface area contributed by atoms with Crippen molar-refractivity contribution in [2.45, 2.75) is 57.3 Å². The first-order valence-corrected chi connectivity index (χ1v) is 9.20. The summed E-state index contributed by atoms with van der Waals surface area (Å²) in [6.45, 7) is 1.71. The number of benzene rings is 1. The number of hydrogen-bond acceptors (Lipinski definition) is 3. The molecule has 0 bridgehead atoms. The third-order valence-electron chi connectivity index (χ3n) is 4.51. The Hall–Kier alpha value is -0.515. The molecule has 3 nitrogen and oxygen atoms in total. The Balaban J connectivity index is 1.67. The van der Waals surface area contributed by atoms with Crippen LogP contribution in [0, 0.1) is 0 Å². The standard InChI is InChI=1S/C17H24BBrO3/c18-14-11-16(22-17-6-2-4-8-21-17)15(19)10-12(14)9-13-5-1-3-7-20-13/h10-11,13,17H,1-9,18H2. The molecule has 2 fully saturated rings. The summed E-state index contributed by atoms with van der Waals surface area (Å²) >= 11 is 3.65. The van der Waals surface area contributed by atoms with E-state index in [1.807, 2.05) is 0 Å². The maximum absolute atomic E-state index is 6.01. The van der Waals surface area contributed by atoms with E-state index < -0.39 is 0 Å². The number of rotatable bonds is 4. The maximum atomic E-state index is 6.01. The SMILES string of the molecule is Bc1cc(OC2CCCCO2)c(Br)cc1CC1CCCCO1. The molecule has 0 radical (unpaired) electrons. The molecule has 2 saturated heterocycles. The van der Waals surface area contributed by atoms with Crippen LogP contribution in [-0.2, 0) is 15.9 Å². The molecule has 1 aromatic rings. The van der Waals surface area contributed by atoms with Gasteiger partial charge < -0.3 is 14.2 Å². The first kappa shape index (κ1) is 16.3. The van der Waals surface area contributed by atoms with Crippen molar-refractivity contribution in [3.8, 4) is 5.75 Å². The average molecular weight is 367 g/mol. The molecule has 0 amide bonds. The second-order valence-electron chi connectivity index (χ2n) is 6.32. The van der Waals surface area contributed by atoms with Gasteiger partial charge in [0.15, 0.2) is 6.29 Å². The normalized spacial score (nSPS) is 25.9. The highest BCUT2D eigenvalue weighted by Gasteiger charge is 2.19. The molecule has 0 saturated carbocycles. The highest BCUT2D eigenvalue weighted by molar-refractivity contribution is 9.10. The van der Waals surface area contributed by atoms with Gasteiger partial charge in [0, 0.05) is 13.0 Å². The van der Waals surface area contributed by atoms with E-state index in [-0.39, 0.29) is 6.29 Å². The lowest BCUT2D eigenvalue weighted by Gasteiger charge is -2.26. The van der Waals surface area contributed by atoms with Gasteiger partial charge in [-0.15, -0.1) is 0 Å². The van der Waals surface area contributed by atoms with Crippen LogP contribution in [0.4, 0.5) is 0 Å². The lowest BCUT2D eigenvalue weighted by atomic mass is 9.87. The lowest BCUT2D eigenvalue weighted by molar-refractivity contribution is -0.106. The van der Waals surface area contributed by atoms with Crippen LogP contribution in [0.15, 0.2) is 16.6 Å². The van der Waals surface area contributed by atoms with Gasteiger partial charge in [0.1, 0.15) is 13.6 Å². The Kier molecular flexibility index (Phi) is 5.83. The number of halogens is 1. The second kappa shape index (κ2) is 7.85. The van der Waals surface area contributed by atoms with Crippen molar-refractivity contribution in [3.05, 3.63) is 22.2 Å². The Labute approximate surface area is 142 Å². The molecular formula is C17H24BBrO3. The van der Waals surface area contributed by atoms with Crippen LogP contribution in [0.3, 0.4) is 0 Å². The zero-order valence-corrected chi connectivity index (χ0v) is 14.9. The quantitative estimate of drug-likeness (QED) is 0.767. The van der Waals surface area contributed by atoms with Gasteiger partial charge in [-0.1, -0.05) is 11.0 Å². The van der Waals surface area contributed by atoms with Crippen molar-refractivity contribution in [2.24, 2.45) is 0 Å². The van der Waals surface area contributed by atoms with Crippen LogP contribution in [0.1, 0.15) is 44.1 Å². The van der Waals surface area contributed by atoms with Gasteiger partial charge in [-0.25, -0.2) is 0 Å². The van der Waals surface area contributed by atoms with Crippen LogP contribution >= 0.6 is 15.9 Å². The summed E-state index contributed by atoms with van der Waals surface area (Å²) in [5, 5.41) is 0. The van der Waals surface area contributed by atoms with E-state index in [1.165, 1.54) is 36.7 Å². The first-order chi connectivity index (χ1) is 10.7. The van der Waals surface area contributed by atoms with E-state index in [2.05, 4.69) is 35.9 Å². The fourth-order valence-electron chi connectivity index (χ4n) is 3.17. The highest BCUT2D eigenvalue weighted by Crippen LogP contribution is 2.29. The zero-order chi connectivity index (χ0) is 15.4. The molecule has 2 aliphatic rings. The Morgan fingerprint density at radius 3 is 2.55 bits per heavy atom. The van der Waals surface area contributed by atoms with Gasteiger partial charge in [0.05, 0.1) is 17.2 Å². The minimum Gasteiger partial charge on any atom is -0.464 e. The molecule has 1 aromatic carbocycles. The largest absolute Gasteiger partial charge is 0.464 e. The molecule has 0 aliphatic carbocycles. The van der Waals surface area contributed by atoms with Crippen molar-refractivity contribution in [1.29, 1.82) is 0 Å². The Morgan fingerprint density at radius 2 is 1.86 bits per heavy atom. The summed E-state index contributed by atoms with van der Waals surface area (Å²) in [4.78, 5) is 0. The summed E-state index contributed by atoms with van der Waals surface area (Å²) in [5.74, 6) is 0.887. The molecule has 0 spiro atoms. The predicted octanol–water partition coefficient (Wildman–Crippen LogP) is 2.72.